The van der Waals surface area contributed by atoms with Crippen LogP contribution in [0.15, 0.2) is 42.5 Å². The van der Waals surface area contributed by atoms with E-state index in [1.54, 1.807) is 21.3 Å². The first-order chi connectivity index (χ1) is 13.2. The summed E-state index contributed by atoms with van der Waals surface area (Å²) >= 11 is 1.05. The van der Waals surface area contributed by atoms with Crippen LogP contribution in [-0.2, 0) is 6.54 Å². The highest BCUT2D eigenvalue weighted by Gasteiger charge is 2.19. The molecule has 0 unspecified atom stereocenters. The number of hydrogen-bond donors (Lipinski definition) is 1. The van der Waals surface area contributed by atoms with Crippen LogP contribution in [0.4, 0.5) is 0 Å². The van der Waals surface area contributed by atoms with Crippen molar-refractivity contribution in [1.29, 1.82) is 0 Å². The quantitative estimate of drug-likeness (QED) is 0.673. The van der Waals surface area contributed by atoms with E-state index in [4.69, 9.17) is 14.2 Å². The van der Waals surface area contributed by atoms with Gasteiger partial charge in [0.25, 0.3) is 5.91 Å². The summed E-state index contributed by atoms with van der Waals surface area (Å²) in [5.41, 5.74) is 2.09. The number of rotatable bonds is 7. The van der Waals surface area contributed by atoms with Crippen LogP contribution in [0.2, 0.25) is 0 Å². The van der Waals surface area contributed by atoms with Gasteiger partial charge < -0.3 is 19.5 Å². The maximum Gasteiger partial charge on any atom is 0.265 e. The van der Waals surface area contributed by atoms with Gasteiger partial charge >= 0.3 is 0 Å². The molecule has 3 rings (SSSR count). The van der Waals surface area contributed by atoms with Crippen molar-refractivity contribution >= 4 is 17.4 Å². The van der Waals surface area contributed by atoms with E-state index in [-0.39, 0.29) is 12.5 Å². The molecule has 0 aliphatic rings. The van der Waals surface area contributed by atoms with Crippen LogP contribution >= 0.6 is 11.5 Å². The second kappa shape index (κ2) is 8.50. The molecule has 1 amide bonds. The molecule has 7 nitrogen and oxygen atoms in total. The Labute approximate surface area is 161 Å². The minimum atomic E-state index is -0.260. The first-order valence-electron chi connectivity index (χ1n) is 8.12. The van der Waals surface area contributed by atoms with Gasteiger partial charge in [0.2, 0.25) is 0 Å². The van der Waals surface area contributed by atoms with Crippen molar-refractivity contribution in [2.45, 2.75) is 6.54 Å². The first-order valence-corrected chi connectivity index (χ1v) is 8.90. The number of methoxy groups -OCH3 is 3. The number of aromatic nitrogens is 2. The van der Waals surface area contributed by atoms with E-state index in [1.807, 2.05) is 42.5 Å². The number of carbonyl (C=O) groups is 1. The van der Waals surface area contributed by atoms with Crippen molar-refractivity contribution in [1.82, 2.24) is 14.9 Å². The Hall–Kier alpha value is -3.13. The smallest absolute Gasteiger partial charge is 0.265 e. The number of nitrogens with one attached hydrogen (secondary N) is 1. The summed E-state index contributed by atoms with van der Waals surface area (Å²) in [6, 6.07) is 12.8. The summed E-state index contributed by atoms with van der Waals surface area (Å²) < 4.78 is 19.8. The van der Waals surface area contributed by atoms with Gasteiger partial charge in [0.15, 0.2) is 0 Å². The molecule has 1 aromatic heterocycles. The number of hydrogen-bond acceptors (Lipinski definition) is 7. The van der Waals surface area contributed by atoms with Crippen molar-refractivity contribution in [2.75, 3.05) is 21.3 Å². The number of nitrogens with zero attached hydrogens (tertiary/aromatic N) is 2. The van der Waals surface area contributed by atoms with Crippen LogP contribution in [0.1, 0.15) is 15.2 Å². The van der Waals surface area contributed by atoms with E-state index < -0.39 is 0 Å². The Bertz CT molecular complexity index is 903. The van der Waals surface area contributed by atoms with Crippen molar-refractivity contribution in [3.63, 3.8) is 0 Å². The molecule has 0 radical (unpaired) electrons. The van der Waals surface area contributed by atoms with Gasteiger partial charge in [0.1, 0.15) is 27.8 Å². The van der Waals surface area contributed by atoms with Crippen LogP contribution in [0, 0.1) is 0 Å². The zero-order valence-electron chi connectivity index (χ0n) is 15.2. The lowest BCUT2D eigenvalue weighted by Crippen LogP contribution is -2.23. The molecule has 0 fully saturated rings. The minimum Gasteiger partial charge on any atom is -0.497 e. The summed E-state index contributed by atoms with van der Waals surface area (Å²) in [7, 11) is 4.76. The average Bonchev–Trinajstić information content (AvgIpc) is 3.21. The molecular formula is C19H19N3O4S. The van der Waals surface area contributed by atoms with Gasteiger partial charge in [0, 0.05) is 5.56 Å². The fourth-order valence-electron chi connectivity index (χ4n) is 2.63. The van der Waals surface area contributed by atoms with Crippen LogP contribution < -0.4 is 19.5 Å². The summed E-state index contributed by atoms with van der Waals surface area (Å²) in [6.45, 7) is 0.256. The van der Waals surface area contributed by atoms with Crippen molar-refractivity contribution in [3.05, 3.63) is 52.9 Å². The molecule has 140 valence electrons. The highest BCUT2D eigenvalue weighted by atomic mass is 32.1. The molecule has 0 aliphatic heterocycles. The van der Waals surface area contributed by atoms with Gasteiger partial charge in [-0.15, -0.1) is 5.10 Å². The Kier molecular flexibility index (Phi) is 5.87. The fourth-order valence-corrected chi connectivity index (χ4v) is 3.23. The van der Waals surface area contributed by atoms with Crippen LogP contribution in [0.5, 0.6) is 17.2 Å². The Morgan fingerprint density at radius 3 is 2.26 bits per heavy atom. The lowest BCUT2D eigenvalue weighted by Gasteiger charge is -2.13. The zero-order valence-corrected chi connectivity index (χ0v) is 16.0. The Morgan fingerprint density at radius 2 is 1.67 bits per heavy atom. The molecule has 2 aromatic carbocycles. The summed E-state index contributed by atoms with van der Waals surface area (Å²) in [6.07, 6.45) is 0. The average molecular weight is 385 g/mol. The number of carbonyl (C=O) groups excluding carboxylic acids is 1. The zero-order chi connectivity index (χ0) is 19.2. The minimum absolute atomic E-state index is 0.256. The largest absolute Gasteiger partial charge is 0.497 e. The van der Waals surface area contributed by atoms with Crippen LogP contribution in [-0.4, -0.2) is 36.8 Å². The maximum absolute atomic E-state index is 12.7. The van der Waals surface area contributed by atoms with Gasteiger partial charge in [-0.2, -0.15) is 0 Å². The molecule has 1 heterocycles. The predicted molar refractivity (Wildman–Crippen MR) is 103 cm³/mol. The maximum atomic E-state index is 12.7. The van der Waals surface area contributed by atoms with E-state index in [9.17, 15) is 4.79 Å². The highest BCUT2D eigenvalue weighted by molar-refractivity contribution is 7.08. The topological polar surface area (TPSA) is 82.6 Å². The summed E-state index contributed by atoms with van der Waals surface area (Å²) in [5, 5.41) is 6.99. The summed E-state index contributed by atoms with van der Waals surface area (Å²) in [5.74, 6) is 1.76. The third-order valence-corrected chi connectivity index (χ3v) is 4.74. The number of ether oxygens (including phenoxy) is 3. The summed E-state index contributed by atoms with van der Waals surface area (Å²) in [4.78, 5) is 13.1. The monoisotopic (exact) mass is 385 g/mol. The standard InChI is InChI=1S/C19H19N3O4S/c1-24-13-9-7-12(8-10-13)17-18(27-22-21-17)19(23)20-11-14-15(25-2)5-4-6-16(14)26-3/h4-10H,11H2,1-3H3,(H,20,23). The molecule has 8 heteroatoms. The lowest BCUT2D eigenvalue weighted by atomic mass is 10.1. The molecule has 0 aliphatic carbocycles. The van der Waals surface area contributed by atoms with Gasteiger partial charge in [0.05, 0.1) is 33.4 Å². The van der Waals surface area contributed by atoms with E-state index >= 15 is 0 Å². The van der Waals surface area contributed by atoms with Crippen molar-refractivity contribution < 1.29 is 19.0 Å². The number of benzene rings is 2. The van der Waals surface area contributed by atoms with Gasteiger partial charge in [-0.05, 0) is 47.9 Å². The molecule has 0 bridgehead atoms. The van der Waals surface area contributed by atoms with Crippen molar-refractivity contribution in [2.24, 2.45) is 0 Å². The first kappa shape index (κ1) is 18.7. The number of amides is 1. The third-order valence-electron chi connectivity index (χ3n) is 4.01. The van der Waals surface area contributed by atoms with Gasteiger partial charge in [-0.25, -0.2) is 0 Å². The molecule has 0 atom stereocenters. The Morgan fingerprint density at radius 1 is 1.00 bits per heavy atom. The fraction of sp³-hybridized carbons (Fsp3) is 0.211. The van der Waals surface area contributed by atoms with E-state index in [0.29, 0.717) is 22.1 Å². The SMILES string of the molecule is COc1ccc(-c2nnsc2C(=O)NCc2c(OC)cccc2OC)cc1. The normalized spacial score (nSPS) is 10.3. The molecule has 3 aromatic rings. The molecule has 0 saturated carbocycles. The molecule has 1 N–H and O–H groups in total. The van der Waals surface area contributed by atoms with E-state index in [1.165, 1.54) is 0 Å². The lowest BCUT2D eigenvalue weighted by molar-refractivity contribution is 0.0955. The van der Waals surface area contributed by atoms with Crippen molar-refractivity contribution in [3.8, 4) is 28.5 Å². The highest BCUT2D eigenvalue weighted by Crippen LogP contribution is 2.29. The molecule has 0 spiro atoms. The van der Waals surface area contributed by atoms with Crippen LogP contribution in [0.25, 0.3) is 11.3 Å². The van der Waals surface area contributed by atoms with Gasteiger partial charge in [-0.3, -0.25) is 4.79 Å². The second-order valence-electron chi connectivity index (χ2n) is 5.50. The second-order valence-corrected chi connectivity index (χ2v) is 6.26. The third kappa shape index (κ3) is 4.01. The van der Waals surface area contributed by atoms with Gasteiger partial charge in [-0.1, -0.05) is 10.6 Å². The molecular weight excluding hydrogens is 366 g/mol. The predicted octanol–water partition coefficient (Wildman–Crippen LogP) is 3.16. The Balaban J connectivity index is 1.79. The van der Waals surface area contributed by atoms with E-state index in [0.717, 1.165) is 28.4 Å². The molecule has 0 saturated heterocycles. The molecule has 27 heavy (non-hydrogen) atoms. The van der Waals surface area contributed by atoms with Crippen LogP contribution in [0.3, 0.4) is 0 Å². The van der Waals surface area contributed by atoms with E-state index in [2.05, 4.69) is 14.9 Å².